The third kappa shape index (κ3) is 4.92. The van der Waals surface area contributed by atoms with Crippen molar-refractivity contribution in [3.63, 3.8) is 0 Å². The van der Waals surface area contributed by atoms with Crippen LogP contribution in [0.3, 0.4) is 0 Å². The number of anilines is 1. The molecule has 0 saturated heterocycles. The van der Waals surface area contributed by atoms with Crippen molar-refractivity contribution in [3.8, 4) is 0 Å². The number of primary amides is 1. The van der Waals surface area contributed by atoms with E-state index in [4.69, 9.17) is 10.2 Å². The Balaban J connectivity index is 1.91. The second kappa shape index (κ2) is 8.11. The van der Waals surface area contributed by atoms with Gasteiger partial charge in [0.1, 0.15) is 5.76 Å². The summed E-state index contributed by atoms with van der Waals surface area (Å²) >= 11 is 0. The number of hydrogen-bond donors (Lipinski definition) is 3. The SMILES string of the molecule is CN(C)[C@@H](CNC(=O)C(=O)Nc1ccc(C(N)=O)cc1)c1ccco1. The van der Waals surface area contributed by atoms with Crippen molar-refractivity contribution in [1.82, 2.24) is 10.2 Å². The fourth-order valence-corrected chi connectivity index (χ4v) is 2.19. The first-order valence-corrected chi connectivity index (χ1v) is 7.57. The maximum absolute atomic E-state index is 12.0. The molecule has 8 heteroatoms. The molecule has 0 fully saturated rings. The van der Waals surface area contributed by atoms with Crippen LogP contribution in [0.2, 0.25) is 0 Å². The van der Waals surface area contributed by atoms with Crippen LogP contribution in [0.4, 0.5) is 5.69 Å². The number of nitrogens with one attached hydrogen (secondary N) is 2. The average Bonchev–Trinajstić information content (AvgIpc) is 3.09. The van der Waals surface area contributed by atoms with Crippen molar-refractivity contribution < 1.29 is 18.8 Å². The fraction of sp³-hybridized carbons (Fsp3) is 0.235. The van der Waals surface area contributed by atoms with Gasteiger partial charge in [-0.2, -0.15) is 0 Å². The zero-order valence-electron chi connectivity index (χ0n) is 14.0. The standard InChI is InChI=1S/C17H20N4O4/c1-21(2)13(14-4-3-9-25-14)10-19-16(23)17(24)20-12-7-5-11(6-8-12)15(18)22/h3-9,13H,10H2,1-2H3,(H2,18,22)(H,19,23)(H,20,24)/t13-/m0/s1. The first-order chi connectivity index (χ1) is 11.9. The van der Waals surface area contributed by atoms with Gasteiger partial charge in [-0.15, -0.1) is 0 Å². The molecule has 0 unspecified atom stereocenters. The molecule has 0 aliphatic carbocycles. The Morgan fingerprint density at radius 3 is 2.32 bits per heavy atom. The van der Waals surface area contributed by atoms with Gasteiger partial charge in [0, 0.05) is 17.8 Å². The summed E-state index contributed by atoms with van der Waals surface area (Å²) in [6, 6.07) is 9.30. The molecule has 1 aromatic heterocycles. The first kappa shape index (κ1) is 18.2. The predicted molar refractivity (Wildman–Crippen MR) is 91.7 cm³/mol. The zero-order chi connectivity index (χ0) is 18.4. The highest BCUT2D eigenvalue weighted by molar-refractivity contribution is 6.39. The van der Waals surface area contributed by atoms with Crippen molar-refractivity contribution >= 4 is 23.4 Å². The van der Waals surface area contributed by atoms with Crippen molar-refractivity contribution in [2.24, 2.45) is 5.73 Å². The topological polar surface area (TPSA) is 118 Å². The predicted octanol–water partition coefficient (Wildman–Crippen LogP) is 0.736. The van der Waals surface area contributed by atoms with Crippen LogP contribution >= 0.6 is 0 Å². The van der Waals surface area contributed by atoms with Gasteiger partial charge in [0.2, 0.25) is 5.91 Å². The summed E-state index contributed by atoms with van der Waals surface area (Å²) in [5.74, 6) is -1.45. The van der Waals surface area contributed by atoms with E-state index in [1.165, 1.54) is 24.3 Å². The third-order valence-electron chi connectivity index (χ3n) is 3.58. The van der Waals surface area contributed by atoms with Gasteiger partial charge in [-0.05, 0) is 50.5 Å². The molecule has 25 heavy (non-hydrogen) atoms. The van der Waals surface area contributed by atoms with Gasteiger partial charge in [-0.1, -0.05) is 0 Å². The number of carbonyl (C=O) groups is 3. The molecule has 0 spiro atoms. The van der Waals surface area contributed by atoms with Crippen molar-refractivity contribution in [2.45, 2.75) is 6.04 Å². The monoisotopic (exact) mass is 344 g/mol. The molecular weight excluding hydrogens is 324 g/mol. The van der Waals surface area contributed by atoms with E-state index in [2.05, 4.69) is 10.6 Å². The maximum atomic E-state index is 12.0. The molecule has 0 aliphatic heterocycles. The number of hydrogen-bond acceptors (Lipinski definition) is 5. The number of furan rings is 1. The summed E-state index contributed by atoms with van der Waals surface area (Å²) in [5.41, 5.74) is 5.85. The summed E-state index contributed by atoms with van der Waals surface area (Å²) in [7, 11) is 3.69. The lowest BCUT2D eigenvalue weighted by molar-refractivity contribution is -0.136. The van der Waals surface area contributed by atoms with E-state index >= 15 is 0 Å². The van der Waals surface area contributed by atoms with E-state index < -0.39 is 17.7 Å². The quantitative estimate of drug-likeness (QED) is 0.668. The van der Waals surface area contributed by atoms with E-state index in [1.807, 2.05) is 19.0 Å². The molecule has 1 aromatic carbocycles. The van der Waals surface area contributed by atoms with Crippen LogP contribution in [-0.2, 0) is 9.59 Å². The molecule has 2 aromatic rings. The number of likely N-dealkylation sites (N-methyl/N-ethyl adjacent to an activating group) is 1. The number of carbonyl (C=O) groups excluding carboxylic acids is 3. The van der Waals surface area contributed by atoms with Crippen LogP contribution in [-0.4, -0.2) is 43.3 Å². The number of nitrogens with zero attached hydrogens (tertiary/aromatic N) is 1. The third-order valence-corrected chi connectivity index (χ3v) is 3.58. The van der Waals surface area contributed by atoms with Crippen molar-refractivity contribution in [3.05, 3.63) is 54.0 Å². The van der Waals surface area contributed by atoms with Crippen LogP contribution in [0.25, 0.3) is 0 Å². The Bertz CT molecular complexity index is 739. The van der Waals surface area contributed by atoms with Crippen LogP contribution < -0.4 is 16.4 Å². The summed E-state index contributed by atoms with van der Waals surface area (Å²) in [5, 5.41) is 5.03. The van der Waals surface area contributed by atoms with Crippen molar-refractivity contribution in [2.75, 3.05) is 26.0 Å². The minimum Gasteiger partial charge on any atom is -0.468 e. The number of benzene rings is 1. The van der Waals surface area contributed by atoms with E-state index in [1.54, 1.807) is 18.4 Å². The largest absolute Gasteiger partial charge is 0.468 e. The summed E-state index contributed by atoms with van der Waals surface area (Å²) in [4.78, 5) is 36.8. The lowest BCUT2D eigenvalue weighted by atomic mass is 10.2. The van der Waals surface area contributed by atoms with Gasteiger partial charge >= 0.3 is 11.8 Å². The second-order valence-corrected chi connectivity index (χ2v) is 5.60. The molecule has 8 nitrogen and oxygen atoms in total. The smallest absolute Gasteiger partial charge is 0.313 e. The molecule has 0 radical (unpaired) electrons. The van der Waals surface area contributed by atoms with E-state index in [0.717, 1.165) is 0 Å². The fourth-order valence-electron chi connectivity index (χ4n) is 2.19. The molecule has 3 amide bonds. The summed E-state index contributed by atoms with van der Waals surface area (Å²) in [6.07, 6.45) is 1.55. The molecular formula is C17H20N4O4. The Hall–Kier alpha value is -3.13. The van der Waals surface area contributed by atoms with Crippen LogP contribution in [0.5, 0.6) is 0 Å². The van der Waals surface area contributed by atoms with Gasteiger partial charge in [-0.3, -0.25) is 19.3 Å². The van der Waals surface area contributed by atoms with Crippen molar-refractivity contribution in [1.29, 1.82) is 0 Å². The average molecular weight is 344 g/mol. The molecule has 132 valence electrons. The molecule has 1 heterocycles. The molecule has 2 rings (SSSR count). The number of nitrogens with two attached hydrogens (primary N) is 1. The second-order valence-electron chi connectivity index (χ2n) is 5.60. The Morgan fingerprint density at radius 2 is 1.80 bits per heavy atom. The zero-order valence-corrected chi connectivity index (χ0v) is 14.0. The molecule has 0 aliphatic rings. The van der Waals surface area contributed by atoms with Crippen LogP contribution in [0, 0.1) is 0 Å². The lowest BCUT2D eigenvalue weighted by Gasteiger charge is -2.22. The molecule has 0 bridgehead atoms. The highest BCUT2D eigenvalue weighted by Crippen LogP contribution is 2.17. The first-order valence-electron chi connectivity index (χ1n) is 7.57. The number of amides is 3. The van der Waals surface area contributed by atoms with E-state index in [9.17, 15) is 14.4 Å². The highest BCUT2D eigenvalue weighted by Gasteiger charge is 2.20. The maximum Gasteiger partial charge on any atom is 0.313 e. The molecule has 0 saturated carbocycles. The molecule has 1 atom stereocenters. The van der Waals surface area contributed by atoms with Gasteiger partial charge < -0.3 is 20.8 Å². The van der Waals surface area contributed by atoms with Gasteiger partial charge in [0.05, 0.1) is 12.3 Å². The summed E-state index contributed by atoms with van der Waals surface area (Å²) < 4.78 is 5.34. The summed E-state index contributed by atoms with van der Waals surface area (Å²) in [6.45, 7) is 0.216. The Labute approximate surface area is 145 Å². The van der Waals surface area contributed by atoms with Gasteiger partial charge in [0.15, 0.2) is 0 Å². The van der Waals surface area contributed by atoms with E-state index in [-0.39, 0.29) is 12.6 Å². The minimum absolute atomic E-state index is 0.193. The minimum atomic E-state index is -0.802. The van der Waals surface area contributed by atoms with Crippen LogP contribution in [0.15, 0.2) is 47.1 Å². The van der Waals surface area contributed by atoms with Gasteiger partial charge in [-0.25, -0.2) is 0 Å². The molecule has 4 N–H and O–H groups in total. The highest BCUT2D eigenvalue weighted by atomic mass is 16.3. The number of rotatable bonds is 6. The van der Waals surface area contributed by atoms with Gasteiger partial charge in [0.25, 0.3) is 0 Å². The van der Waals surface area contributed by atoms with E-state index in [0.29, 0.717) is 17.0 Å². The normalized spacial score (nSPS) is 11.8. The lowest BCUT2D eigenvalue weighted by Crippen LogP contribution is -2.40. The van der Waals surface area contributed by atoms with Crippen LogP contribution in [0.1, 0.15) is 22.2 Å². The Kier molecular flexibility index (Phi) is 5.91. The Morgan fingerprint density at radius 1 is 1.12 bits per heavy atom.